The molecule has 0 spiro atoms. The molecule has 1 aliphatic rings. The van der Waals surface area contributed by atoms with E-state index in [-0.39, 0.29) is 11.8 Å². The Balaban J connectivity index is 1.65. The van der Waals surface area contributed by atoms with Crippen molar-refractivity contribution in [1.29, 1.82) is 0 Å². The van der Waals surface area contributed by atoms with Crippen LogP contribution in [0.4, 0.5) is 5.13 Å². The van der Waals surface area contributed by atoms with Crippen molar-refractivity contribution in [2.45, 2.75) is 19.9 Å². The Hall–Kier alpha value is -1.66. The van der Waals surface area contributed by atoms with E-state index in [9.17, 15) is 4.79 Å². The van der Waals surface area contributed by atoms with Crippen molar-refractivity contribution in [3.8, 4) is 0 Å². The van der Waals surface area contributed by atoms with Gasteiger partial charge in [0.05, 0.1) is 16.3 Å². The predicted octanol–water partition coefficient (Wildman–Crippen LogP) is 1.93. The van der Waals surface area contributed by atoms with Crippen molar-refractivity contribution in [1.82, 2.24) is 9.88 Å². The Kier molecular flexibility index (Phi) is 4.31. The summed E-state index contributed by atoms with van der Waals surface area (Å²) in [6.45, 7) is 7.04. The van der Waals surface area contributed by atoms with E-state index in [4.69, 9.17) is 5.73 Å². The van der Waals surface area contributed by atoms with Crippen LogP contribution < -0.4 is 10.6 Å². The number of fused-ring (bicyclic) bond motifs is 1. The molecule has 2 N–H and O–H groups in total. The zero-order valence-corrected chi connectivity index (χ0v) is 13.8. The number of piperazine rings is 1. The summed E-state index contributed by atoms with van der Waals surface area (Å²) in [5.74, 6) is 0.244. The van der Waals surface area contributed by atoms with E-state index in [1.807, 2.05) is 36.9 Å². The van der Waals surface area contributed by atoms with Crippen LogP contribution in [0.1, 0.15) is 13.8 Å². The summed E-state index contributed by atoms with van der Waals surface area (Å²) in [6, 6.07) is 7.78. The third kappa shape index (κ3) is 2.94. The molecule has 0 bridgehead atoms. The Morgan fingerprint density at radius 1 is 1.23 bits per heavy atom. The molecule has 5 nitrogen and oxygen atoms in total. The molecule has 0 unspecified atom stereocenters. The minimum absolute atomic E-state index is 0.0685. The lowest BCUT2D eigenvalue weighted by atomic mass is 10.0. The molecule has 3 rings (SSSR count). The van der Waals surface area contributed by atoms with Crippen molar-refractivity contribution in [3.05, 3.63) is 24.3 Å². The highest BCUT2D eigenvalue weighted by Crippen LogP contribution is 2.29. The van der Waals surface area contributed by atoms with E-state index >= 15 is 0 Å². The minimum atomic E-state index is -0.394. The van der Waals surface area contributed by atoms with Crippen molar-refractivity contribution < 1.29 is 4.79 Å². The molecule has 1 aliphatic heterocycles. The minimum Gasteiger partial charge on any atom is -0.345 e. The van der Waals surface area contributed by atoms with Gasteiger partial charge in [0, 0.05) is 26.2 Å². The SMILES string of the molecule is CC(C)[C@H](N)C(=O)N1CCN(c2nc3ccccc3s2)CC1. The molecule has 1 atom stereocenters. The van der Waals surface area contributed by atoms with Crippen LogP contribution in [0.5, 0.6) is 0 Å². The van der Waals surface area contributed by atoms with E-state index < -0.39 is 6.04 Å². The van der Waals surface area contributed by atoms with Gasteiger partial charge < -0.3 is 15.5 Å². The number of nitrogens with zero attached hydrogens (tertiary/aromatic N) is 3. The first-order valence-electron chi connectivity index (χ1n) is 7.71. The normalized spacial score (nSPS) is 17.3. The Bertz CT molecular complexity index is 628. The third-order valence-electron chi connectivity index (χ3n) is 4.15. The Morgan fingerprint density at radius 3 is 2.55 bits per heavy atom. The van der Waals surface area contributed by atoms with Crippen LogP contribution in [0.15, 0.2) is 24.3 Å². The zero-order chi connectivity index (χ0) is 15.7. The number of carbonyl (C=O) groups excluding carboxylic acids is 1. The molecule has 0 saturated carbocycles. The molecule has 2 heterocycles. The number of nitrogens with two attached hydrogens (primary N) is 1. The predicted molar refractivity (Wildman–Crippen MR) is 91.2 cm³/mol. The Labute approximate surface area is 134 Å². The first kappa shape index (κ1) is 15.2. The number of benzene rings is 1. The molecule has 1 fully saturated rings. The molecule has 1 aromatic heterocycles. The lowest BCUT2D eigenvalue weighted by molar-refractivity contribution is -0.133. The molecule has 22 heavy (non-hydrogen) atoms. The van der Waals surface area contributed by atoms with Gasteiger partial charge in [0.15, 0.2) is 5.13 Å². The third-order valence-corrected chi connectivity index (χ3v) is 5.25. The number of carbonyl (C=O) groups is 1. The smallest absolute Gasteiger partial charge is 0.239 e. The molecule has 1 saturated heterocycles. The van der Waals surface area contributed by atoms with Crippen molar-refractivity contribution >= 4 is 32.6 Å². The summed E-state index contributed by atoms with van der Waals surface area (Å²) in [5.41, 5.74) is 7.02. The molecule has 2 aromatic rings. The Morgan fingerprint density at radius 2 is 1.91 bits per heavy atom. The molecule has 0 aliphatic carbocycles. The largest absolute Gasteiger partial charge is 0.345 e. The van der Waals surface area contributed by atoms with Gasteiger partial charge in [0.1, 0.15) is 0 Å². The quantitative estimate of drug-likeness (QED) is 0.939. The first-order chi connectivity index (χ1) is 10.6. The second-order valence-corrected chi connectivity index (χ2v) is 7.06. The van der Waals surface area contributed by atoms with E-state index in [1.54, 1.807) is 11.3 Å². The van der Waals surface area contributed by atoms with E-state index in [0.717, 1.165) is 36.8 Å². The van der Waals surface area contributed by atoms with Gasteiger partial charge in [0.2, 0.25) is 5.91 Å². The maximum absolute atomic E-state index is 12.3. The molecular weight excluding hydrogens is 296 g/mol. The first-order valence-corrected chi connectivity index (χ1v) is 8.53. The molecule has 118 valence electrons. The van der Waals surface area contributed by atoms with Gasteiger partial charge in [-0.25, -0.2) is 4.98 Å². The van der Waals surface area contributed by atoms with Crippen LogP contribution >= 0.6 is 11.3 Å². The van der Waals surface area contributed by atoms with Crippen LogP contribution in [0.25, 0.3) is 10.2 Å². The number of aromatic nitrogens is 1. The maximum atomic E-state index is 12.3. The highest BCUT2D eigenvalue weighted by Gasteiger charge is 2.27. The number of anilines is 1. The lowest BCUT2D eigenvalue weighted by Gasteiger charge is -2.36. The van der Waals surface area contributed by atoms with Gasteiger partial charge >= 0.3 is 0 Å². The van der Waals surface area contributed by atoms with Crippen LogP contribution in [0.2, 0.25) is 0 Å². The molecule has 0 radical (unpaired) electrons. The lowest BCUT2D eigenvalue weighted by Crippen LogP contribution is -2.54. The van der Waals surface area contributed by atoms with Gasteiger partial charge in [-0.1, -0.05) is 37.3 Å². The molecule has 6 heteroatoms. The van der Waals surface area contributed by atoms with E-state index in [0.29, 0.717) is 0 Å². The average Bonchev–Trinajstić information content (AvgIpc) is 2.97. The number of thiazole rings is 1. The summed E-state index contributed by atoms with van der Waals surface area (Å²) in [6.07, 6.45) is 0. The second-order valence-electron chi connectivity index (χ2n) is 6.05. The number of para-hydroxylation sites is 1. The van der Waals surface area contributed by atoms with Gasteiger partial charge in [-0.3, -0.25) is 4.79 Å². The highest BCUT2D eigenvalue weighted by molar-refractivity contribution is 7.22. The van der Waals surface area contributed by atoms with E-state index in [1.165, 1.54) is 4.70 Å². The van der Waals surface area contributed by atoms with Gasteiger partial charge in [-0.05, 0) is 18.1 Å². The molecule has 1 amide bonds. The van der Waals surface area contributed by atoms with Crippen LogP contribution in [-0.2, 0) is 4.79 Å². The summed E-state index contributed by atoms with van der Waals surface area (Å²) < 4.78 is 1.21. The standard InChI is InChI=1S/C16H22N4OS/c1-11(2)14(17)15(21)19-7-9-20(10-8-19)16-18-12-5-3-4-6-13(12)22-16/h3-6,11,14H,7-10,17H2,1-2H3/t14-/m0/s1. The molecular formula is C16H22N4OS. The second kappa shape index (κ2) is 6.22. The summed E-state index contributed by atoms with van der Waals surface area (Å²) >= 11 is 1.71. The summed E-state index contributed by atoms with van der Waals surface area (Å²) in [4.78, 5) is 21.1. The van der Waals surface area contributed by atoms with Crippen molar-refractivity contribution in [3.63, 3.8) is 0 Å². The fourth-order valence-electron chi connectivity index (χ4n) is 2.61. The van der Waals surface area contributed by atoms with Crippen LogP contribution in [0, 0.1) is 5.92 Å². The number of hydrogen-bond donors (Lipinski definition) is 1. The monoisotopic (exact) mass is 318 g/mol. The highest BCUT2D eigenvalue weighted by atomic mass is 32.1. The fraction of sp³-hybridized carbons (Fsp3) is 0.500. The van der Waals surface area contributed by atoms with Gasteiger partial charge in [-0.2, -0.15) is 0 Å². The van der Waals surface area contributed by atoms with E-state index in [2.05, 4.69) is 16.0 Å². The fourth-order valence-corrected chi connectivity index (χ4v) is 3.63. The van der Waals surface area contributed by atoms with Crippen LogP contribution in [0.3, 0.4) is 0 Å². The summed E-state index contributed by atoms with van der Waals surface area (Å²) in [5, 5.41) is 1.04. The van der Waals surface area contributed by atoms with Gasteiger partial charge in [0.25, 0.3) is 0 Å². The summed E-state index contributed by atoms with van der Waals surface area (Å²) in [7, 11) is 0. The van der Waals surface area contributed by atoms with Crippen LogP contribution in [-0.4, -0.2) is 48.0 Å². The van der Waals surface area contributed by atoms with Crippen molar-refractivity contribution in [2.75, 3.05) is 31.1 Å². The van der Waals surface area contributed by atoms with Crippen molar-refractivity contribution in [2.24, 2.45) is 11.7 Å². The topological polar surface area (TPSA) is 62.5 Å². The average molecular weight is 318 g/mol. The number of amides is 1. The number of hydrogen-bond acceptors (Lipinski definition) is 5. The zero-order valence-electron chi connectivity index (χ0n) is 13.0. The molecule has 1 aromatic carbocycles. The van der Waals surface area contributed by atoms with Gasteiger partial charge in [-0.15, -0.1) is 0 Å². The number of rotatable bonds is 3. The maximum Gasteiger partial charge on any atom is 0.239 e.